The van der Waals surface area contributed by atoms with Crippen LogP contribution >= 0.6 is 23.2 Å². The van der Waals surface area contributed by atoms with Gasteiger partial charge in [0.25, 0.3) is 0 Å². The fourth-order valence-electron chi connectivity index (χ4n) is 9.01. The summed E-state index contributed by atoms with van der Waals surface area (Å²) in [6, 6.07) is 14.2. The average Bonchev–Trinajstić information content (AvgIpc) is 4.17. The van der Waals surface area contributed by atoms with Gasteiger partial charge in [0, 0.05) is 70.2 Å². The molecule has 16 heteroatoms. The summed E-state index contributed by atoms with van der Waals surface area (Å²) in [6.07, 6.45) is 19.0. The number of piperidine rings is 2. The van der Waals surface area contributed by atoms with Gasteiger partial charge in [-0.25, -0.2) is 36.8 Å². The zero-order valence-corrected chi connectivity index (χ0v) is 37.3. The first kappa shape index (κ1) is 43.4. The Morgan fingerprint density at radius 1 is 0.644 bits per heavy atom. The molecule has 0 radical (unpaired) electrons. The topological polar surface area (TPSA) is 142 Å². The van der Waals surface area contributed by atoms with Gasteiger partial charge in [-0.1, -0.05) is 23.2 Å². The fraction of sp³-hybridized carbons (Fsp3) is 0.535. The molecular formula is C43H56Cl2N8O4S2. The number of rotatable bonds is 14. The normalized spacial score (nSPS) is 22.3. The third-order valence-electron chi connectivity index (χ3n) is 12.7. The highest BCUT2D eigenvalue weighted by atomic mass is 35.5. The number of hydrogen-bond acceptors (Lipinski definition) is 12. The maximum atomic E-state index is 11.6. The third kappa shape index (κ3) is 12.0. The molecule has 4 atom stereocenters. The minimum atomic E-state index is -3.14. The zero-order valence-electron chi connectivity index (χ0n) is 34.1. The first-order chi connectivity index (χ1) is 28.2. The van der Waals surface area contributed by atoms with Crippen molar-refractivity contribution >= 4 is 66.1 Å². The number of hydrogen-bond donors (Lipinski definition) is 1. The van der Waals surface area contributed by atoms with E-state index < -0.39 is 19.7 Å². The quantitative estimate of drug-likeness (QED) is 0.132. The lowest BCUT2D eigenvalue weighted by atomic mass is 9.90. The van der Waals surface area contributed by atoms with Gasteiger partial charge in [0.15, 0.2) is 19.7 Å². The number of anilines is 4. The Morgan fingerprint density at radius 2 is 1.05 bits per heavy atom. The van der Waals surface area contributed by atoms with Crippen LogP contribution in [0.5, 0.6) is 0 Å². The van der Waals surface area contributed by atoms with Crippen molar-refractivity contribution < 1.29 is 16.8 Å². The molecule has 4 fully saturated rings. The second-order valence-electron chi connectivity index (χ2n) is 16.9. The molecule has 318 valence electrons. The lowest BCUT2D eigenvalue weighted by Gasteiger charge is -2.32. The smallest absolute Gasteiger partial charge is 0.225 e. The van der Waals surface area contributed by atoms with E-state index in [2.05, 4.69) is 47.0 Å². The lowest BCUT2D eigenvalue weighted by Crippen LogP contribution is -2.35. The minimum absolute atomic E-state index is 0.362. The van der Waals surface area contributed by atoms with E-state index in [9.17, 15) is 16.8 Å². The Hall–Kier alpha value is -3.72. The molecule has 0 unspecified atom stereocenters. The third-order valence-corrected chi connectivity index (χ3v) is 15.3. The van der Waals surface area contributed by atoms with Crippen molar-refractivity contribution in [2.75, 3.05) is 78.8 Å². The first-order valence-corrected chi connectivity index (χ1v) is 25.3. The van der Waals surface area contributed by atoms with E-state index in [1.54, 1.807) is 49.1 Å². The molecule has 1 N–H and O–H groups in total. The number of halogens is 2. The number of nitrogens with one attached hydrogen (secondary N) is 1. The van der Waals surface area contributed by atoms with Gasteiger partial charge in [0.1, 0.15) is 0 Å². The molecular weight excluding hydrogens is 828 g/mol. The molecule has 2 aromatic carbocycles. The van der Waals surface area contributed by atoms with Gasteiger partial charge in [-0.3, -0.25) is 0 Å². The van der Waals surface area contributed by atoms with Gasteiger partial charge >= 0.3 is 0 Å². The van der Waals surface area contributed by atoms with Gasteiger partial charge in [0.05, 0.1) is 44.6 Å². The second-order valence-corrected chi connectivity index (χ2v) is 21.8. The summed E-state index contributed by atoms with van der Waals surface area (Å²) in [4.78, 5) is 24.8. The summed E-state index contributed by atoms with van der Waals surface area (Å²) in [5, 5.41) is 4.57. The van der Waals surface area contributed by atoms with Crippen LogP contribution in [0, 0.1) is 35.5 Å². The first-order valence-electron chi connectivity index (χ1n) is 20.7. The molecule has 4 aliphatic rings. The summed E-state index contributed by atoms with van der Waals surface area (Å²) in [5.74, 6) is 6.49. The molecule has 0 amide bonds. The van der Waals surface area contributed by atoms with Gasteiger partial charge < -0.3 is 20.0 Å². The van der Waals surface area contributed by atoms with Crippen molar-refractivity contribution in [1.29, 1.82) is 0 Å². The van der Waals surface area contributed by atoms with Crippen molar-refractivity contribution in [3.05, 3.63) is 83.4 Å². The van der Waals surface area contributed by atoms with Crippen LogP contribution in [0.25, 0.3) is 0 Å². The van der Waals surface area contributed by atoms with Crippen LogP contribution in [0.15, 0.2) is 83.1 Å². The summed E-state index contributed by atoms with van der Waals surface area (Å²) in [5.41, 5.74) is 2.04. The molecule has 8 rings (SSSR count). The minimum Gasteiger partial charge on any atom is -0.385 e. The highest BCUT2D eigenvalue weighted by molar-refractivity contribution is 7.91. The van der Waals surface area contributed by atoms with Crippen LogP contribution in [-0.4, -0.2) is 95.6 Å². The summed E-state index contributed by atoms with van der Waals surface area (Å²) in [7, 11) is -4.19. The predicted octanol–water partition coefficient (Wildman–Crippen LogP) is 7.80. The van der Waals surface area contributed by atoms with Crippen molar-refractivity contribution in [2.45, 2.75) is 61.2 Å². The number of nitrogens with zero attached hydrogens (tertiary/aromatic N) is 7. The fourth-order valence-corrected chi connectivity index (χ4v) is 10.5. The Kier molecular flexibility index (Phi) is 13.9. The molecule has 0 bridgehead atoms. The Labute approximate surface area is 360 Å². The molecule has 4 aromatic rings. The Morgan fingerprint density at radius 3 is 1.47 bits per heavy atom. The van der Waals surface area contributed by atoms with Crippen LogP contribution in [0.1, 0.15) is 51.4 Å². The molecule has 2 aromatic heterocycles. The van der Waals surface area contributed by atoms with Gasteiger partial charge in [-0.15, -0.1) is 0 Å². The van der Waals surface area contributed by atoms with Crippen molar-refractivity contribution in [2.24, 2.45) is 35.5 Å². The lowest BCUT2D eigenvalue weighted by molar-refractivity contribution is 0.342. The van der Waals surface area contributed by atoms with E-state index >= 15 is 0 Å². The van der Waals surface area contributed by atoms with E-state index in [0.717, 1.165) is 98.0 Å². The molecule has 2 aliphatic carbocycles. The van der Waals surface area contributed by atoms with Crippen molar-refractivity contribution in [3.8, 4) is 0 Å². The zero-order chi connectivity index (χ0) is 41.7. The van der Waals surface area contributed by atoms with E-state index in [4.69, 9.17) is 23.2 Å². The standard InChI is InChI=1S/C22H29ClN4O2S.C21H27ClN4O2S/c1-26(19-3-5-20(6-4-19)30(2,28)29)10-7-17-13-21(17)16-8-11-27(12-9-16)22-24-14-18(23)15-25-22;1-29(27,28)19-4-2-18(3-5-19)23-9-6-16-12-20(16)15-7-10-26(11-8-15)21-24-13-17(22)14-25-21/h3-6,14-17,21H,7-13H2,1-2H3;2-5,13-16,20,23H,6-12H2,1H3/t17-,21-;16-,20-/m11/s1. The van der Waals surface area contributed by atoms with Gasteiger partial charge in [0.2, 0.25) is 11.9 Å². The SMILES string of the molecule is CN(CC[C@@H]1C[C@@H]1C1CCN(c2ncc(Cl)cn2)CC1)c1ccc(S(C)(=O)=O)cc1.CS(=O)(=O)c1ccc(NCC[C@@H]2C[C@@H]2C2CCN(c3ncc(Cl)cn3)CC2)cc1. The van der Waals surface area contributed by atoms with E-state index in [1.165, 1.54) is 63.9 Å². The average molecular weight is 884 g/mol. The van der Waals surface area contributed by atoms with Gasteiger partial charge in [-0.2, -0.15) is 0 Å². The number of sulfone groups is 2. The predicted molar refractivity (Wildman–Crippen MR) is 237 cm³/mol. The van der Waals surface area contributed by atoms with Crippen molar-refractivity contribution in [1.82, 2.24) is 19.9 Å². The van der Waals surface area contributed by atoms with Crippen LogP contribution in [-0.2, 0) is 19.7 Å². The molecule has 4 heterocycles. The van der Waals surface area contributed by atoms with Crippen LogP contribution < -0.4 is 20.0 Å². The maximum absolute atomic E-state index is 11.6. The van der Waals surface area contributed by atoms with Crippen LogP contribution in [0.4, 0.5) is 23.3 Å². The number of benzene rings is 2. The van der Waals surface area contributed by atoms with E-state index in [0.29, 0.717) is 19.8 Å². The Balaban J connectivity index is 0.000000179. The number of aromatic nitrogens is 4. The van der Waals surface area contributed by atoms with Gasteiger partial charge in [-0.05, 0) is 135 Å². The molecule has 0 spiro atoms. The molecule has 2 saturated carbocycles. The van der Waals surface area contributed by atoms with E-state index in [1.807, 2.05) is 24.3 Å². The summed E-state index contributed by atoms with van der Waals surface area (Å²) < 4.78 is 46.3. The maximum Gasteiger partial charge on any atom is 0.225 e. The summed E-state index contributed by atoms with van der Waals surface area (Å²) >= 11 is 11.8. The van der Waals surface area contributed by atoms with Crippen LogP contribution in [0.2, 0.25) is 10.0 Å². The van der Waals surface area contributed by atoms with Crippen LogP contribution in [0.3, 0.4) is 0 Å². The second kappa shape index (κ2) is 18.9. The highest BCUT2D eigenvalue weighted by Gasteiger charge is 2.44. The monoisotopic (exact) mass is 882 g/mol. The highest BCUT2D eigenvalue weighted by Crippen LogP contribution is 2.51. The summed E-state index contributed by atoms with van der Waals surface area (Å²) in [6.45, 7) is 5.98. The molecule has 2 aliphatic heterocycles. The van der Waals surface area contributed by atoms with E-state index in [-0.39, 0.29) is 0 Å². The van der Waals surface area contributed by atoms with Crippen molar-refractivity contribution in [3.63, 3.8) is 0 Å². The largest absolute Gasteiger partial charge is 0.385 e. The Bertz CT molecular complexity index is 2200. The molecule has 12 nitrogen and oxygen atoms in total. The molecule has 59 heavy (non-hydrogen) atoms. The molecule has 2 saturated heterocycles.